The summed E-state index contributed by atoms with van der Waals surface area (Å²) in [6.07, 6.45) is 2.19. The quantitative estimate of drug-likeness (QED) is 0.750. The SMILES string of the molecule is Cc1occc1SC(CC#N)c1ccccc1. The molecule has 1 aromatic heterocycles. The Morgan fingerprint density at radius 1 is 1.29 bits per heavy atom. The second-order valence-electron chi connectivity index (χ2n) is 3.72. The summed E-state index contributed by atoms with van der Waals surface area (Å²) < 4.78 is 5.28. The molecule has 1 aromatic carbocycles. The van der Waals surface area contributed by atoms with Crippen molar-refractivity contribution in [1.82, 2.24) is 0 Å². The van der Waals surface area contributed by atoms with Crippen LogP contribution in [0.4, 0.5) is 0 Å². The highest BCUT2D eigenvalue weighted by Crippen LogP contribution is 2.39. The average molecular weight is 243 g/mol. The van der Waals surface area contributed by atoms with Gasteiger partial charge in [-0.15, -0.1) is 11.8 Å². The predicted octanol–water partition coefficient (Wildman–Crippen LogP) is 4.34. The molecule has 1 heterocycles. The molecular weight excluding hydrogens is 230 g/mol. The fourth-order valence-electron chi connectivity index (χ4n) is 1.63. The van der Waals surface area contributed by atoms with Crippen LogP contribution in [-0.4, -0.2) is 0 Å². The maximum Gasteiger partial charge on any atom is 0.114 e. The van der Waals surface area contributed by atoms with Gasteiger partial charge in [0.15, 0.2) is 0 Å². The summed E-state index contributed by atoms with van der Waals surface area (Å²) >= 11 is 1.68. The van der Waals surface area contributed by atoms with Gasteiger partial charge in [0.2, 0.25) is 0 Å². The molecule has 0 aliphatic rings. The molecule has 0 saturated carbocycles. The van der Waals surface area contributed by atoms with Gasteiger partial charge in [0.25, 0.3) is 0 Å². The molecule has 0 fully saturated rings. The molecule has 0 amide bonds. The lowest BCUT2D eigenvalue weighted by Crippen LogP contribution is -1.92. The third-order valence-corrected chi connectivity index (χ3v) is 3.93. The second kappa shape index (κ2) is 5.60. The van der Waals surface area contributed by atoms with Gasteiger partial charge in [0, 0.05) is 10.1 Å². The molecular formula is C14H13NOS. The van der Waals surface area contributed by atoms with Crippen molar-refractivity contribution in [2.24, 2.45) is 0 Å². The number of nitrogens with zero attached hydrogens (tertiary/aromatic N) is 1. The smallest absolute Gasteiger partial charge is 0.114 e. The monoisotopic (exact) mass is 243 g/mol. The second-order valence-corrected chi connectivity index (χ2v) is 4.97. The number of rotatable bonds is 4. The Morgan fingerprint density at radius 3 is 2.65 bits per heavy atom. The summed E-state index contributed by atoms with van der Waals surface area (Å²) in [5.74, 6) is 0.911. The van der Waals surface area contributed by atoms with Crippen molar-refractivity contribution < 1.29 is 4.42 Å². The highest BCUT2D eigenvalue weighted by molar-refractivity contribution is 7.99. The van der Waals surface area contributed by atoms with E-state index in [0.29, 0.717) is 6.42 Å². The van der Waals surface area contributed by atoms with Crippen LogP contribution < -0.4 is 0 Å². The normalized spacial score (nSPS) is 12.0. The van der Waals surface area contributed by atoms with Crippen LogP contribution in [0.25, 0.3) is 0 Å². The van der Waals surface area contributed by atoms with Crippen molar-refractivity contribution in [2.75, 3.05) is 0 Å². The minimum atomic E-state index is 0.164. The molecule has 86 valence electrons. The Balaban J connectivity index is 2.20. The highest BCUT2D eigenvalue weighted by atomic mass is 32.2. The first-order valence-electron chi connectivity index (χ1n) is 5.44. The Hall–Kier alpha value is -1.66. The molecule has 0 bridgehead atoms. The summed E-state index contributed by atoms with van der Waals surface area (Å²) in [6, 6.07) is 14.3. The summed E-state index contributed by atoms with van der Waals surface area (Å²) in [4.78, 5) is 1.11. The fourth-order valence-corrected chi connectivity index (χ4v) is 2.73. The lowest BCUT2D eigenvalue weighted by molar-refractivity contribution is 0.526. The van der Waals surface area contributed by atoms with Gasteiger partial charge >= 0.3 is 0 Å². The Labute approximate surface area is 105 Å². The highest BCUT2D eigenvalue weighted by Gasteiger charge is 2.14. The van der Waals surface area contributed by atoms with Gasteiger partial charge in [-0.3, -0.25) is 0 Å². The molecule has 0 N–H and O–H groups in total. The molecule has 2 aromatic rings. The van der Waals surface area contributed by atoms with Crippen molar-refractivity contribution in [1.29, 1.82) is 5.26 Å². The molecule has 0 radical (unpaired) electrons. The molecule has 2 rings (SSSR count). The van der Waals surface area contributed by atoms with E-state index in [1.54, 1.807) is 18.0 Å². The molecule has 0 aliphatic heterocycles. The van der Waals surface area contributed by atoms with E-state index in [1.807, 2.05) is 31.2 Å². The van der Waals surface area contributed by atoms with Crippen LogP contribution in [0, 0.1) is 18.3 Å². The molecule has 0 saturated heterocycles. The van der Waals surface area contributed by atoms with E-state index in [1.165, 1.54) is 5.56 Å². The predicted molar refractivity (Wildman–Crippen MR) is 68.7 cm³/mol. The first-order valence-corrected chi connectivity index (χ1v) is 6.32. The topological polar surface area (TPSA) is 36.9 Å². The van der Waals surface area contributed by atoms with E-state index in [0.717, 1.165) is 10.7 Å². The number of hydrogen-bond donors (Lipinski definition) is 0. The van der Waals surface area contributed by atoms with Crippen molar-refractivity contribution in [2.45, 2.75) is 23.5 Å². The minimum Gasteiger partial charge on any atom is -0.468 e. The van der Waals surface area contributed by atoms with Crippen LogP contribution in [0.2, 0.25) is 0 Å². The lowest BCUT2D eigenvalue weighted by Gasteiger charge is -2.12. The van der Waals surface area contributed by atoms with Gasteiger partial charge in [-0.25, -0.2) is 0 Å². The van der Waals surface area contributed by atoms with E-state index in [4.69, 9.17) is 9.68 Å². The molecule has 1 atom stereocenters. The van der Waals surface area contributed by atoms with Gasteiger partial charge in [0.05, 0.1) is 18.8 Å². The van der Waals surface area contributed by atoms with Gasteiger partial charge in [-0.1, -0.05) is 30.3 Å². The van der Waals surface area contributed by atoms with Crippen LogP contribution in [0.5, 0.6) is 0 Å². The standard InChI is InChI=1S/C14H13NOS/c1-11-13(8-10-16-11)17-14(7-9-15)12-5-3-2-4-6-12/h2-6,8,10,14H,7H2,1H3. The molecule has 0 aliphatic carbocycles. The number of benzene rings is 1. The molecule has 0 spiro atoms. The minimum absolute atomic E-state index is 0.164. The van der Waals surface area contributed by atoms with Crippen LogP contribution in [0.15, 0.2) is 52.0 Å². The zero-order valence-corrected chi connectivity index (χ0v) is 10.4. The first kappa shape index (κ1) is 11.8. The Kier molecular flexibility index (Phi) is 3.89. The largest absolute Gasteiger partial charge is 0.468 e. The number of hydrogen-bond acceptors (Lipinski definition) is 3. The molecule has 3 heteroatoms. The van der Waals surface area contributed by atoms with Crippen molar-refractivity contribution in [3.8, 4) is 6.07 Å². The van der Waals surface area contributed by atoms with Gasteiger partial charge < -0.3 is 4.42 Å². The zero-order chi connectivity index (χ0) is 12.1. The van der Waals surface area contributed by atoms with Crippen LogP contribution in [0.3, 0.4) is 0 Å². The van der Waals surface area contributed by atoms with E-state index >= 15 is 0 Å². The van der Waals surface area contributed by atoms with E-state index in [2.05, 4.69) is 18.2 Å². The van der Waals surface area contributed by atoms with E-state index in [-0.39, 0.29) is 5.25 Å². The van der Waals surface area contributed by atoms with Gasteiger partial charge in [-0.05, 0) is 18.6 Å². The summed E-state index contributed by atoms with van der Waals surface area (Å²) in [5.41, 5.74) is 1.18. The summed E-state index contributed by atoms with van der Waals surface area (Å²) in [6.45, 7) is 1.94. The van der Waals surface area contributed by atoms with Crippen LogP contribution in [-0.2, 0) is 0 Å². The fraction of sp³-hybridized carbons (Fsp3) is 0.214. The number of aryl methyl sites for hydroxylation is 1. The van der Waals surface area contributed by atoms with E-state index < -0.39 is 0 Å². The van der Waals surface area contributed by atoms with E-state index in [9.17, 15) is 0 Å². The van der Waals surface area contributed by atoms with Crippen molar-refractivity contribution >= 4 is 11.8 Å². The van der Waals surface area contributed by atoms with Gasteiger partial charge in [0.1, 0.15) is 5.76 Å². The first-order chi connectivity index (χ1) is 8.31. The molecule has 2 nitrogen and oxygen atoms in total. The third kappa shape index (κ3) is 2.92. The summed E-state index contributed by atoms with van der Waals surface area (Å²) in [5, 5.41) is 9.07. The number of furan rings is 1. The molecule has 1 unspecified atom stereocenters. The Bertz CT molecular complexity index is 513. The third-order valence-electron chi connectivity index (χ3n) is 2.53. The van der Waals surface area contributed by atoms with Crippen molar-refractivity contribution in [3.63, 3.8) is 0 Å². The Morgan fingerprint density at radius 2 is 2.06 bits per heavy atom. The zero-order valence-electron chi connectivity index (χ0n) is 9.59. The van der Waals surface area contributed by atoms with Gasteiger partial charge in [-0.2, -0.15) is 5.26 Å². The summed E-state index contributed by atoms with van der Waals surface area (Å²) in [7, 11) is 0. The average Bonchev–Trinajstić information content (AvgIpc) is 2.76. The van der Waals surface area contributed by atoms with Crippen LogP contribution >= 0.6 is 11.8 Å². The maximum atomic E-state index is 8.91. The van der Waals surface area contributed by atoms with Crippen LogP contribution in [0.1, 0.15) is 23.0 Å². The maximum absolute atomic E-state index is 8.91. The number of nitriles is 1. The number of thioether (sulfide) groups is 1. The molecule has 17 heavy (non-hydrogen) atoms. The van der Waals surface area contributed by atoms with Crippen molar-refractivity contribution in [3.05, 3.63) is 54.0 Å². The lowest BCUT2D eigenvalue weighted by atomic mass is 10.1.